The highest BCUT2D eigenvalue weighted by atomic mass is 19.3. The Balaban J connectivity index is 1.66. The molecule has 146 valence electrons. The molecule has 0 saturated heterocycles. The van der Waals surface area contributed by atoms with Gasteiger partial charge in [0.05, 0.1) is 11.0 Å². The maximum Gasteiger partial charge on any atom is 0.387 e. The number of alkyl halides is 2. The largest absolute Gasteiger partial charge is 0.435 e. The summed E-state index contributed by atoms with van der Waals surface area (Å²) in [4.78, 5) is 25.4. The number of nitrogens with one attached hydrogen (secondary N) is 1. The van der Waals surface area contributed by atoms with E-state index in [0.717, 1.165) is 0 Å². The molecular formula is C22H16F2N2O3. The molecule has 4 rings (SSSR count). The molecule has 4 aromatic rings. The summed E-state index contributed by atoms with van der Waals surface area (Å²) in [7, 11) is 0. The summed E-state index contributed by atoms with van der Waals surface area (Å²) < 4.78 is 30.6. The minimum atomic E-state index is -2.91. The highest BCUT2D eigenvalue weighted by molar-refractivity contribution is 5.97. The van der Waals surface area contributed by atoms with Crippen molar-refractivity contribution in [3.8, 4) is 5.75 Å². The number of rotatable bonds is 5. The molecule has 0 aliphatic rings. The molecule has 0 unspecified atom stereocenters. The zero-order valence-electron chi connectivity index (χ0n) is 15.1. The van der Waals surface area contributed by atoms with Gasteiger partial charge in [0.1, 0.15) is 12.3 Å². The van der Waals surface area contributed by atoms with Crippen LogP contribution >= 0.6 is 0 Å². The van der Waals surface area contributed by atoms with Crippen molar-refractivity contribution in [2.24, 2.45) is 0 Å². The maximum atomic E-state index is 12.7. The van der Waals surface area contributed by atoms with E-state index in [1.165, 1.54) is 24.3 Å². The topological polar surface area (TPSA) is 60.3 Å². The standard InChI is InChI=1S/C22H16F2N2O3/c23-22(24)29-15-11-9-14(10-12-15)25-20(27)13-26-18-7-3-1-5-16(18)21(28)17-6-2-4-8-19(17)26/h1-12,22H,13H2,(H,25,27). The average molecular weight is 394 g/mol. The fourth-order valence-corrected chi connectivity index (χ4v) is 3.31. The van der Waals surface area contributed by atoms with Crippen molar-refractivity contribution in [1.29, 1.82) is 0 Å². The molecule has 5 nitrogen and oxygen atoms in total. The van der Waals surface area contributed by atoms with Crippen LogP contribution in [0.15, 0.2) is 77.6 Å². The van der Waals surface area contributed by atoms with Crippen LogP contribution in [-0.4, -0.2) is 17.1 Å². The van der Waals surface area contributed by atoms with Crippen LogP contribution in [0.25, 0.3) is 21.8 Å². The molecule has 0 aliphatic heterocycles. The van der Waals surface area contributed by atoms with Crippen LogP contribution < -0.4 is 15.5 Å². The minimum Gasteiger partial charge on any atom is -0.435 e. The van der Waals surface area contributed by atoms with E-state index >= 15 is 0 Å². The number of hydrogen-bond donors (Lipinski definition) is 1. The summed E-state index contributed by atoms with van der Waals surface area (Å²) in [6.45, 7) is -2.92. The van der Waals surface area contributed by atoms with Crippen LogP contribution in [0.3, 0.4) is 0 Å². The van der Waals surface area contributed by atoms with Gasteiger partial charge in [0.25, 0.3) is 0 Å². The quantitative estimate of drug-likeness (QED) is 0.511. The highest BCUT2D eigenvalue weighted by Crippen LogP contribution is 2.20. The van der Waals surface area contributed by atoms with Gasteiger partial charge in [0, 0.05) is 16.5 Å². The van der Waals surface area contributed by atoms with Crippen LogP contribution in [-0.2, 0) is 11.3 Å². The van der Waals surface area contributed by atoms with E-state index in [1.807, 2.05) is 12.1 Å². The second-order valence-corrected chi connectivity index (χ2v) is 6.40. The number of fused-ring (bicyclic) bond motifs is 2. The summed E-state index contributed by atoms with van der Waals surface area (Å²) in [5, 5.41) is 3.80. The van der Waals surface area contributed by atoms with Crippen LogP contribution in [0.5, 0.6) is 5.75 Å². The Kier molecular flexibility index (Phi) is 4.95. The summed E-state index contributed by atoms with van der Waals surface area (Å²) in [6, 6.07) is 19.9. The minimum absolute atomic E-state index is 0.00963. The van der Waals surface area contributed by atoms with Gasteiger partial charge < -0.3 is 14.6 Å². The number of carbonyl (C=O) groups is 1. The number of aromatic nitrogens is 1. The van der Waals surface area contributed by atoms with E-state index in [2.05, 4.69) is 10.1 Å². The number of nitrogens with zero attached hydrogens (tertiary/aromatic N) is 1. The Morgan fingerprint density at radius 3 is 2.00 bits per heavy atom. The lowest BCUT2D eigenvalue weighted by Crippen LogP contribution is -2.21. The van der Waals surface area contributed by atoms with Crippen molar-refractivity contribution >= 4 is 33.4 Å². The Labute approximate surface area is 164 Å². The predicted molar refractivity (Wildman–Crippen MR) is 107 cm³/mol. The zero-order chi connectivity index (χ0) is 20.4. The fourth-order valence-electron chi connectivity index (χ4n) is 3.31. The molecular weight excluding hydrogens is 378 g/mol. The van der Waals surface area contributed by atoms with E-state index in [0.29, 0.717) is 27.5 Å². The van der Waals surface area contributed by atoms with Gasteiger partial charge in [-0.3, -0.25) is 9.59 Å². The van der Waals surface area contributed by atoms with Gasteiger partial charge in [-0.1, -0.05) is 24.3 Å². The molecule has 29 heavy (non-hydrogen) atoms. The molecule has 0 aliphatic carbocycles. The zero-order valence-corrected chi connectivity index (χ0v) is 15.1. The molecule has 0 spiro atoms. The van der Waals surface area contributed by atoms with Gasteiger partial charge in [-0.15, -0.1) is 0 Å². The number of amides is 1. The third-order valence-electron chi connectivity index (χ3n) is 4.54. The number of benzene rings is 3. The van der Waals surface area contributed by atoms with E-state index in [9.17, 15) is 18.4 Å². The number of halogens is 2. The molecule has 1 aromatic heterocycles. The van der Waals surface area contributed by atoms with Gasteiger partial charge in [0.2, 0.25) is 5.91 Å². The van der Waals surface area contributed by atoms with Gasteiger partial charge in [-0.2, -0.15) is 8.78 Å². The van der Waals surface area contributed by atoms with E-state index < -0.39 is 6.61 Å². The first-order valence-corrected chi connectivity index (χ1v) is 8.88. The second-order valence-electron chi connectivity index (χ2n) is 6.40. The first-order valence-electron chi connectivity index (χ1n) is 8.88. The van der Waals surface area contributed by atoms with Crippen LogP contribution in [0.1, 0.15) is 0 Å². The fraction of sp³-hybridized carbons (Fsp3) is 0.0909. The molecule has 0 radical (unpaired) electrons. The Bertz CT molecular complexity index is 1190. The number of ether oxygens (including phenoxy) is 1. The first-order chi connectivity index (χ1) is 14.0. The van der Waals surface area contributed by atoms with Crippen LogP contribution in [0.4, 0.5) is 14.5 Å². The molecule has 1 N–H and O–H groups in total. The summed E-state index contributed by atoms with van der Waals surface area (Å²) >= 11 is 0. The third-order valence-corrected chi connectivity index (χ3v) is 4.54. The predicted octanol–water partition coefficient (Wildman–Crippen LogP) is 4.39. The summed E-state index contributed by atoms with van der Waals surface area (Å²) in [5.41, 5.74) is 1.69. The number of hydrogen-bond acceptors (Lipinski definition) is 3. The Morgan fingerprint density at radius 2 is 1.45 bits per heavy atom. The number of para-hydroxylation sites is 2. The third kappa shape index (κ3) is 3.80. The van der Waals surface area contributed by atoms with Crippen molar-refractivity contribution in [3.05, 3.63) is 83.0 Å². The number of anilines is 1. The molecule has 1 heterocycles. The Morgan fingerprint density at radius 1 is 0.897 bits per heavy atom. The van der Waals surface area contributed by atoms with Gasteiger partial charge >= 0.3 is 6.61 Å². The van der Waals surface area contributed by atoms with Crippen LogP contribution in [0.2, 0.25) is 0 Å². The molecule has 1 amide bonds. The lowest BCUT2D eigenvalue weighted by atomic mass is 10.1. The monoisotopic (exact) mass is 394 g/mol. The van der Waals surface area contributed by atoms with Crippen molar-refractivity contribution < 1.29 is 18.3 Å². The van der Waals surface area contributed by atoms with Crippen molar-refractivity contribution in [3.63, 3.8) is 0 Å². The summed E-state index contributed by atoms with van der Waals surface area (Å²) in [5.74, 6) is -0.304. The highest BCUT2D eigenvalue weighted by Gasteiger charge is 2.13. The van der Waals surface area contributed by atoms with Crippen molar-refractivity contribution in [2.45, 2.75) is 13.2 Å². The molecule has 0 atom stereocenters. The molecule has 7 heteroatoms. The van der Waals surface area contributed by atoms with Gasteiger partial charge in [0.15, 0.2) is 5.43 Å². The van der Waals surface area contributed by atoms with E-state index in [4.69, 9.17) is 0 Å². The Hall–Kier alpha value is -3.74. The van der Waals surface area contributed by atoms with E-state index in [1.54, 1.807) is 41.0 Å². The van der Waals surface area contributed by atoms with Crippen molar-refractivity contribution in [1.82, 2.24) is 4.57 Å². The molecule has 0 bridgehead atoms. The molecule has 3 aromatic carbocycles. The smallest absolute Gasteiger partial charge is 0.387 e. The second kappa shape index (κ2) is 7.71. The first kappa shape index (κ1) is 18.6. The molecule has 0 fully saturated rings. The average Bonchev–Trinajstić information content (AvgIpc) is 2.72. The van der Waals surface area contributed by atoms with Crippen molar-refractivity contribution in [2.75, 3.05) is 5.32 Å². The number of pyridine rings is 1. The normalized spacial score (nSPS) is 11.1. The maximum absolute atomic E-state index is 12.7. The number of carbonyl (C=O) groups excluding carboxylic acids is 1. The lowest BCUT2D eigenvalue weighted by molar-refractivity contribution is -0.116. The van der Waals surface area contributed by atoms with Gasteiger partial charge in [-0.05, 0) is 48.5 Å². The van der Waals surface area contributed by atoms with E-state index in [-0.39, 0.29) is 23.6 Å². The summed E-state index contributed by atoms with van der Waals surface area (Å²) in [6.07, 6.45) is 0. The lowest BCUT2D eigenvalue weighted by Gasteiger charge is -2.15. The van der Waals surface area contributed by atoms with Gasteiger partial charge in [-0.25, -0.2) is 0 Å². The van der Waals surface area contributed by atoms with Crippen LogP contribution in [0, 0.1) is 0 Å². The SMILES string of the molecule is O=C(Cn1c2ccccc2c(=O)c2ccccc21)Nc1ccc(OC(F)F)cc1. The molecule has 0 saturated carbocycles.